The molecule has 0 saturated heterocycles. The molecule has 0 aromatic carbocycles. The van der Waals surface area contributed by atoms with Crippen molar-refractivity contribution in [1.29, 1.82) is 0 Å². The average Bonchev–Trinajstić information content (AvgIpc) is 1.87. The van der Waals surface area contributed by atoms with Gasteiger partial charge in [-0.1, -0.05) is 33.1 Å². The van der Waals surface area contributed by atoms with Crippen molar-refractivity contribution in [1.82, 2.24) is 0 Å². The van der Waals surface area contributed by atoms with Crippen LogP contribution in [0.3, 0.4) is 0 Å². The maximum Gasteiger partial charge on any atom is 0.218 e. The molecule has 0 rings (SSSR count). The first-order valence-corrected chi connectivity index (χ1v) is 4.77. The predicted octanol–water partition coefficient (Wildman–Crippen LogP) is 3.32. The van der Waals surface area contributed by atoms with E-state index in [2.05, 4.69) is 26.5 Å². The van der Waals surface area contributed by atoms with Crippen LogP contribution in [0.2, 0.25) is 0 Å². The molecule has 1 unspecified atom stereocenters. The Balaban J connectivity index is 3.16. The fourth-order valence-electron chi connectivity index (χ4n) is 1.23. The van der Waals surface area contributed by atoms with Crippen molar-refractivity contribution in [2.24, 2.45) is 5.92 Å². The summed E-state index contributed by atoms with van der Waals surface area (Å²) in [5, 5.41) is -0.0892. The number of carbonyl (C=O) groups is 1. The van der Waals surface area contributed by atoms with Crippen molar-refractivity contribution < 1.29 is 4.79 Å². The first-order chi connectivity index (χ1) is 5.16. The molecule has 0 saturated carbocycles. The van der Waals surface area contributed by atoms with Crippen LogP contribution >= 0.6 is 12.6 Å². The van der Waals surface area contributed by atoms with E-state index in [1.165, 1.54) is 12.8 Å². The Kier molecular flexibility index (Phi) is 6.52. The minimum absolute atomic E-state index is 0.0892. The van der Waals surface area contributed by atoms with Crippen molar-refractivity contribution in [3.63, 3.8) is 0 Å². The topological polar surface area (TPSA) is 17.1 Å². The summed E-state index contributed by atoms with van der Waals surface area (Å²) in [6, 6.07) is 0. The maximum atomic E-state index is 10.4. The summed E-state index contributed by atoms with van der Waals surface area (Å²) in [5.74, 6) is 0.759. The zero-order chi connectivity index (χ0) is 8.69. The number of hydrogen-bond acceptors (Lipinski definition) is 1. The lowest BCUT2D eigenvalue weighted by Gasteiger charge is -2.07. The third kappa shape index (κ3) is 7.79. The van der Waals surface area contributed by atoms with Crippen LogP contribution in [-0.2, 0) is 4.79 Å². The minimum Gasteiger partial charge on any atom is -0.282 e. The lowest BCUT2D eigenvalue weighted by molar-refractivity contribution is -0.110. The van der Waals surface area contributed by atoms with Crippen molar-refractivity contribution >= 4 is 17.7 Å². The van der Waals surface area contributed by atoms with Crippen LogP contribution in [0.4, 0.5) is 0 Å². The van der Waals surface area contributed by atoms with Crippen LogP contribution in [0, 0.1) is 5.92 Å². The molecule has 1 radical (unpaired) electrons. The SMILES string of the molecule is CCCC(C)CCCC(=O)[S]. The Bertz CT molecular complexity index is 112. The fraction of sp³-hybridized carbons (Fsp3) is 0.889. The molecule has 2 heteroatoms. The van der Waals surface area contributed by atoms with Gasteiger partial charge in [-0.3, -0.25) is 4.79 Å². The zero-order valence-corrected chi connectivity index (χ0v) is 8.25. The maximum absolute atomic E-state index is 10.4. The Morgan fingerprint density at radius 1 is 1.45 bits per heavy atom. The number of carbonyl (C=O) groups excluding carboxylic acids is 1. The van der Waals surface area contributed by atoms with Gasteiger partial charge >= 0.3 is 0 Å². The first-order valence-electron chi connectivity index (χ1n) is 4.36. The monoisotopic (exact) mass is 173 g/mol. The smallest absolute Gasteiger partial charge is 0.218 e. The minimum atomic E-state index is -0.0892. The molecule has 0 spiro atoms. The average molecular weight is 173 g/mol. The van der Waals surface area contributed by atoms with Gasteiger partial charge in [0.05, 0.1) is 0 Å². The highest BCUT2D eigenvalue weighted by Gasteiger charge is 2.01. The van der Waals surface area contributed by atoms with E-state index < -0.39 is 0 Å². The van der Waals surface area contributed by atoms with Crippen molar-refractivity contribution in [3.05, 3.63) is 0 Å². The van der Waals surface area contributed by atoms with Gasteiger partial charge in [0.15, 0.2) is 0 Å². The van der Waals surface area contributed by atoms with E-state index >= 15 is 0 Å². The Morgan fingerprint density at radius 3 is 2.55 bits per heavy atom. The molecule has 1 atom stereocenters. The van der Waals surface area contributed by atoms with Crippen LogP contribution in [-0.4, -0.2) is 5.12 Å². The summed E-state index contributed by atoms with van der Waals surface area (Å²) >= 11 is 4.46. The second-order valence-corrected chi connectivity index (χ2v) is 3.61. The van der Waals surface area contributed by atoms with E-state index in [0.717, 1.165) is 18.8 Å². The lowest BCUT2D eigenvalue weighted by Crippen LogP contribution is -1.95. The molecule has 65 valence electrons. The quantitative estimate of drug-likeness (QED) is 0.602. The van der Waals surface area contributed by atoms with Crippen LogP contribution in [0.15, 0.2) is 0 Å². The Morgan fingerprint density at radius 2 is 2.09 bits per heavy atom. The largest absolute Gasteiger partial charge is 0.282 e. The fourth-order valence-corrected chi connectivity index (χ4v) is 1.38. The summed E-state index contributed by atoms with van der Waals surface area (Å²) in [4.78, 5) is 10.4. The van der Waals surface area contributed by atoms with E-state index in [-0.39, 0.29) is 5.12 Å². The normalized spacial score (nSPS) is 12.9. The Hall–Kier alpha value is -0.110. The third-order valence-electron chi connectivity index (χ3n) is 1.86. The molecule has 0 aromatic heterocycles. The summed E-state index contributed by atoms with van der Waals surface area (Å²) < 4.78 is 0. The summed E-state index contributed by atoms with van der Waals surface area (Å²) in [5.41, 5.74) is 0. The molecule has 1 nitrogen and oxygen atoms in total. The zero-order valence-electron chi connectivity index (χ0n) is 7.43. The van der Waals surface area contributed by atoms with Crippen molar-refractivity contribution in [2.75, 3.05) is 0 Å². The van der Waals surface area contributed by atoms with Gasteiger partial charge in [0.25, 0.3) is 0 Å². The van der Waals surface area contributed by atoms with E-state index in [1.54, 1.807) is 0 Å². The van der Waals surface area contributed by atoms with Gasteiger partial charge in [0.1, 0.15) is 0 Å². The lowest BCUT2D eigenvalue weighted by atomic mass is 10.00. The van der Waals surface area contributed by atoms with Gasteiger partial charge in [-0.05, 0) is 25.0 Å². The van der Waals surface area contributed by atoms with Crippen LogP contribution < -0.4 is 0 Å². The van der Waals surface area contributed by atoms with Gasteiger partial charge in [-0.15, -0.1) is 0 Å². The molecular formula is C9H17OS. The molecule has 0 bridgehead atoms. The Labute approximate surface area is 75.0 Å². The molecule has 0 fully saturated rings. The molecule has 0 heterocycles. The molecule has 11 heavy (non-hydrogen) atoms. The van der Waals surface area contributed by atoms with E-state index in [9.17, 15) is 4.79 Å². The van der Waals surface area contributed by atoms with E-state index in [1.807, 2.05) is 0 Å². The molecular weight excluding hydrogens is 156 g/mol. The predicted molar refractivity (Wildman–Crippen MR) is 50.5 cm³/mol. The molecule has 0 amide bonds. The third-order valence-corrected chi connectivity index (χ3v) is 2.06. The second-order valence-electron chi connectivity index (χ2n) is 3.16. The summed E-state index contributed by atoms with van der Waals surface area (Å²) in [6.07, 6.45) is 5.22. The van der Waals surface area contributed by atoms with E-state index in [0.29, 0.717) is 6.42 Å². The first kappa shape index (κ1) is 10.9. The molecule has 0 N–H and O–H groups in total. The highest BCUT2D eigenvalue weighted by Crippen LogP contribution is 2.13. The van der Waals surface area contributed by atoms with Crippen LogP contribution in [0.5, 0.6) is 0 Å². The molecule has 0 aliphatic heterocycles. The van der Waals surface area contributed by atoms with Gasteiger partial charge in [0, 0.05) is 6.42 Å². The summed E-state index contributed by atoms with van der Waals surface area (Å²) in [7, 11) is 0. The van der Waals surface area contributed by atoms with Gasteiger partial charge < -0.3 is 0 Å². The number of rotatable bonds is 6. The molecule has 0 aliphatic carbocycles. The number of hydrogen-bond donors (Lipinski definition) is 0. The molecule has 0 aromatic rings. The molecule has 0 aliphatic rings. The van der Waals surface area contributed by atoms with Crippen LogP contribution in [0.1, 0.15) is 46.0 Å². The van der Waals surface area contributed by atoms with E-state index in [4.69, 9.17) is 0 Å². The van der Waals surface area contributed by atoms with Crippen molar-refractivity contribution in [3.8, 4) is 0 Å². The van der Waals surface area contributed by atoms with Gasteiger partial charge in [0.2, 0.25) is 5.12 Å². The second kappa shape index (κ2) is 6.59. The van der Waals surface area contributed by atoms with Gasteiger partial charge in [-0.2, -0.15) is 0 Å². The highest BCUT2D eigenvalue weighted by atomic mass is 32.1. The highest BCUT2D eigenvalue weighted by molar-refractivity contribution is 7.96. The standard InChI is InChI=1S/C9H17OS/c1-3-5-8(2)6-4-7-9(10)11/h8H,3-7H2,1-2H3. The summed E-state index contributed by atoms with van der Waals surface area (Å²) in [6.45, 7) is 4.42. The van der Waals surface area contributed by atoms with Crippen molar-refractivity contribution in [2.45, 2.75) is 46.0 Å². The van der Waals surface area contributed by atoms with Gasteiger partial charge in [-0.25, -0.2) is 0 Å². The van der Waals surface area contributed by atoms with Crippen LogP contribution in [0.25, 0.3) is 0 Å².